The predicted octanol–water partition coefficient (Wildman–Crippen LogP) is 0.584. The average molecular weight is 237 g/mol. The fourth-order valence-electron chi connectivity index (χ4n) is 2.42. The number of methoxy groups -OCH3 is 1. The number of fused-ring (bicyclic) bond motifs is 1. The van der Waals surface area contributed by atoms with E-state index in [-0.39, 0.29) is 17.6 Å². The van der Waals surface area contributed by atoms with Gasteiger partial charge in [0.1, 0.15) is 5.41 Å². The van der Waals surface area contributed by atoms with E-state index in [1.165, 1.54) is 7.11 Å². The Bertz CT molecular complexity index is 520. The molecule has 1 aliphatic heterocycles. The average Bonchev–Trinajstić information content (AvgIpc) is 2.80. The number of hydrogen-bond donors (Lipinski definition) is 0. The molecule has 90 valence electrons. The molecule has 6 nitrogen and oxygen atoms in total. The number of carbonyl (C=O) groups is 2. The molecule has 1 saturated carbocycles. The smallest absolute Gasteiger partial charge is 0.360 e. The summed E-state index contributed by atoms with van der Waals surface area (Å²) in [6, 6.07) is 0. The zero-order valence-corrected chi connectivity index (χ0v) is 9.48. The van der Waals surface area contributed by atoms with Crippen molar-refractivity contribution >= 4 is 11.9 Å². The highest BCUT2D eigenvalue weighted by Crippen LogP contribution is 2.59. The summed E-state index contributed by atoms with van der Waals surface area (Å²) in [4.78, 5) is 27.3. The molecule has 0 radical (unpaired) electrons. The molecular formula is C11H11NO5. The maximum atomic E-state index is 11.7. The maximum absolute atomic E-state index is 11.7. The fraction of sp³-hybridized carbons (Fsp3) is 0.545. The van der Waals surface area contributed by atoms with E-state index in [2.05, 4.69) is 9.72 Å². The Morgan fingerprint density at radius 3 is 2.88 bits per heavy atom. The van der Waals surface area contributed by atoms with Gasteiger partial charge in [0.05, 0.1) is 13.7 Å². The van der Waals surface area contributed by atoms with Crippen LogP contribution in [0, 0.1) is 12.8 Å². The Morgan fingerprint density at radius 1 is 1.59 bits per heavy atom. The Balaban J connectivity index is 2.10. The van der Waals surface area contributed by atoms with E-state index in [4.69, 9.17) is 9.15 Å². The summed E-state index contributed by atoms with van der Waals surface area (Å²) in [6.45, 7) is 2.02. The van der Waals surface area contributed by atoms with Crippen LogP contribution in [0.25, 0.3) is 0 Å². The maximum Gasteiger partial charge on any atom is 0.360 e. The van der Waals surface area contributed by atoms with Gasteiger partial charge in [0.25, 0.3) is 0 Å². The van der Waals surface area contributed by atoms with Crippen LogP contribution in [0.15, 0.2) is 4.42 Å². The van der Waals surface area contributed by atoms with E-state index in [0.717, 1.165) is 0 Å². The summed E-state index contributed by atoms with van der Waals surface area (Å²) in [5.74, 6) is -0.166. The Kier molecular flexibility index (Phi) is 1.87. The second-order valence-corrected chi connectivity index (χ2v) is 4.37. The number of rotatable bonds is 2. The van der Waals surface area contributed by atoms with Crippen molar-refractivity contribution in [2.45, 2.75) is 18.8 Å². The van der Waals surface area contributed by atoms with Gasteiger partial charge in [-0.05, 0) is 6.42 Å². The summed E-state index contributed by atoms with van der Waals surface area (Å²) in [5, 5.41) is 0. The minimum Gasteiger partial charge on any atom is -0.465 e. The largest absolute Gasteiger partial charge is 0.465 e. The van der Waals surface area contributed by atoms with Gasteiger partial charge < -0.3 is 13.9 Å². The van der Waals surface area contributed by atoms with Crippen molar-refractivity contribution in [2.24, 2.45) is 5.92 Å². The molecule has 0 N–H and O–H groups in total. The fourth-order valence-corrected chi connectivity index (χ4v) is 2.42. The van der Waals surface area contributed by atoms with Gasteiger partial charge in [-0.3, -0.25) is 4.79 Å². The number of aryl methyl sites for hydroxylation is 1. The van der Waals surface area contributed by atoms with Crippen LogP contribution in [0.4, 0.5) is 0 Å². The van der Waals surface area contributed by atoms with Gasteiger partial charge >= 0.3 is 11.9 Å². The molecule has 2 aliphatic rings. The van der Waals surface area contributed by atoms with E-state index < -0.39 is 11.4 Å². The molecule has 1 aromatic rings. The molecule has 6 heteroatoms. The molecule has 0 amide bonds. The van der Waals surface area contributed by atoms with Crippen molar-refractivity contribution < 1.29 is 23.5 Å². The third-order valence-electron chi connectivity index (χ3n) is 3.40. The van der Waals surface area contributed by atoms with Crippen molar-refractivity contribution in [3.8, 4) is 0 Å². The molecule has 1 aliphatic carbocycles. The highest BCUT2D eigenvalue weighted by atomic mass is 16.5. The van der Waals surface area contributed by atoms with Crippen molar-refractivity contribution in [1.82, 2.24) is 4.98 Å². The molecule has 2 heterocycles. The highest BCUT2D eigenvalue weighted by Gasteiger charge is 2.70. The van der Waals surface area contributed by atoms with Gasteiger partial charge in [-0.2, -0.15) is 0 Å². The molecule has 2 fully saturated rings. The van der Waals surface area contributed by atoms with Crippen molar-refractivity contribution in [3.63, 3.8) is 0 Å². The summed E-state index contributed by atoms with van der Waals surface area (Å²) in [6.07, 6.45) is 0.657. The van der Waals surface area contributed by atoms with Gasteiger partial charge in [-0.1, -0.05) is 0 Å². The van der Waals surface area contributed by atoms with Crippen molar-refractivity contribution in [3.05, 3.63) is 17.3 Å². The third-order valence-corrected chi connectivity index (χ3v) is 3.40. The van der Waals surface area contributed by atoms with Gasteiger partial charge in [0.15, 0.2) is 17.3 Å². The SMILES string of the molecule is COC(=O)c1nc(C)oc1C12CC1COC2=O. The summed E-state index contributed by atoms with van der Waals surface area (Å²) in [7, 11) is 1.27. The normalized spacial score (nSPS) is 29.8. The standard InChI is InChI=1S/C11H11NO5/c1-5-12-7(9(13)15-2)8(17-5)11-3-6(11)4-16-10(11)14/h6H,3-4H2,1-2H3. The first-order chi connectivity index (χ1) is 8.09. The first-order valence-corrected chi connectivity index (χ1v) is 5.33. The lowest BCUT2D eigenvalue weighted by molar-refractivity contribution is -0.142. The van der Waals surface area contributed by atoms with Crippen LogP contribution in [-0.2, 0) is 19.7 Å². The van der Waals surface area contributed by atoms with Crippen LogP contribution in [0.5, 0.6) is 0 Å². The minimum absolute atomic E-state index is 0.0892. The summed E-state index contributed by atoms with van der Waals surface area (Å²) < 4.78 is 15.0. The number of esters is 2. The third kappa shape index (κ3) is 1.18. The van der Waals surface area contributed by atoms with E-state index in [1.54, 1.807) is 6.92 Å². The van der Waals surface area contributed by atoms with Gasteiger partial charge in [0, 0.05) is 12.8 Å². The highest BCUT2D eigenvalue weighted by molar-refractivity contribution is 5.95. The topological polar surface area (TPSA) is 78.6 Å². The van der Waals surface area contributed by atoms with E-state index in [9.17, 15) is 9.59 Å². The van der Waals surface area contributed by atoms with E-state index in [0.29, 0.717) is 24.7 Å². The molecule has 0 bridgehead atoms. The first-order valence-electron chi connectivity index (χ1n) is 5.33. The molecule has 1 saturated heterocycles. The van der Waals surface area contributed by atoms with Crippen LogP contribution < -0.4 is 0 Å². The molecule has 2 atom stereocenters. The number of cyclic esters (lactones) is 1. The number of nitrogens with zero attached hydrogens (tertiary/aromatic N) is 1. The van der Waals surface area contributed by atoms with Crippen LogP contribution >= 0.6 is 0 Å². The monoisotopic (exact) mass is 237 g/mol. The van der Waals surface area contributed by atoms with Gasteiger partial charge in [-0.15, -0.1) is 0 Å². The number of hydrogen-bond acceptors (Lipinski definition) is 6. The van der Waals surface area contributed by atoms with Crippen LogP contribution in [-0.4, -0.2) is 30.6 Å². The second kappa shape index (κ2) is 3.09. The molecule has 1 aromatic heterocycles. The summed E-state index contributed by atoms with van der Waals surface area (Å²) >= 11 is 0. The van der Waals surface area contributed by atoms with Crippen molar-refractivity contribution in [2.75, 3.05) is 13.7 Å². The Morgan fingerprint density at radius 2 is 2.35 bits per heavy atom. The van der Waals surface area contributed by atoms with E-state index >= 15 is 0 Å². The molecular weight excluding hydrogens is 226 g/mol. The Labute approximate surface area is 96.9 Å². The lowest BCUT2D eigenvalue weighted by Crippen LogP contribution is -2.21. The molecule has 3 rings (SSSR count). The van der Waals surface area contributed by atoms with Gasteiger partial charge in [0.2, 0.25) is 0 Å². The van der Waals surface area contributed by atoms with Crippen molar-refractivity contribution in [1.29, 1.82) is 0 Å². The first kappa shape index (κ1) is 10.3. The molecule has 0 spiro atoms. The van der Waals surface area contributed by atoms with Crippen LogP contribution in [0.3, 0.4) is 0 Å². The summed E-state index contributed by atoms with van der Waals surface area (Å²) in [5.41, 5.74) is -0.698. The quantitative estimate of drug-likeness (QED) is 0.700. The minimum atomic E-state index is -0.787. The second-order valence-electron chi connectivity index (χ2n) is 4.37. The predicted molar refractivity (Wildman–Crippen MR) is 53.3 cm³/mol. The molecule has 0 aromatic carbocycles. The lowest BCUT2D eigenvalue weighted by Gasteiger charge is -2.06. The number of aromatic nitrogens is 1. The number of ether oxygens (including phenoxy) is 2. The Hall–Kier alpha value is -1.85. The van der Waals surface area contributed by atoms with E-state index in [1.807, 2.05) is 0 Å². The zero-order chi connectivity index (χ0) is 12.2. The van der Waals surface area contributed by atoms with Crippen LogP contribution in [0.2, 0.25) is 0 Å². The number of carbonyl (C=O) groups excluding carboxylic acids is 2. The zero-order valence-electron chi connectivity index (χ0n) is 9.48. The lowest BCUT2D eigenvalue weighted by atomic mass is 10.0. The van der Waals surface area contributed by atoms with Gasteiger partial charge in [-0.25, -0.2) is 9.78 Å². The number of oxazole rings is 1. The molecule has 17 heavy (non-hydrogen) atoms. The van der Waals surface area contributed by atoms with Crippen LogP contribution in [0.1, 0.15) is 28.6 Å². The molecule has 2 unspecified atom stereocenters.